The van der Waals surface area contributed by atoms with Crippen LogP contribution in [0.4, 0.5) is 0 Å². The molecule has 0 spiro atoms. The van der Waals surface area contributed by atoms with E-state index in [9.17, 15) is 109 Å². The number of nitrogens with one attached hydrogen (secondary N) is 9. The molecular formula is C69H119N11O36. The lowest BCUT2D eigenvalue weighted by Crippen LogP contribution is -2.64. The highest BCUT2D eigenvalue weighted by Gasteiger charge is 2.49. The first-order chi connectivity index (χ1) is 55.4. The van der Waals surface area contributed by atoms with Crippen LogP contribution in [-0.2, 0) is 114 Å². The van der Waals surface area contributed by atoms with Crippen molar-refractivity contribution in [3.05, 3.63) is 0 Å². The summed E-state index contributed by atoms with van der Waals surface area (Å²) in [5.41, 5.74) is 0. The quantitative estimate of drug-likeness (QED) is 0.0252. The minimum absolute atomic E-state index is 0.160. The second kappa shape index (κ2) is 53.0. The molecule has 47 nitrogen and oxygen atoms in total. The van der Waals surface area contributed by atoms with Crippen LogP contribution in [0.5, 0.6) is 0 Å². The van der Waals surface area contributed by atoms with Gasteiger partial charge in [-0.25, -0.2) is 0 Å². The zero-order valence-electron chi connectivity index (χ0n) is 65.6. The van der Waals surface area contributed by atoms with Crippen molar-refractivity contribution in [3.63, 3.8) is 0 Å². The Hall–Kier alpha value is -6.83. The fourth-order valence-corrected chi connectivity index (χ4v) is 12.9. The Bertz CT molecular complexity index is 2870. The van der Waals surface area contributed by atoms with E-state index >= 15 is 4.79 Å². The molecule has 4 saturated heterocycles. The summed E-state index contributed by atoms with van der Waals surface area (Å²) in [5, 5.41) is 145. The van der Waals surface area contributed by atoms with E-state index in [1.807, 2.05) is 0 Å². The van der Waals surface area contributed by atoms with Gasteiger partial charge in [-0.15, -0.1) is 0 Å². The van der Waals surface area contributed by atoms with Crippen molar-refractivity contribution in [3.8, 4) is 0 Å². The van der Waals surface area contributed by atoms with Crippen LogP contribution >= 0.6 is 0 Å². The van der Waals surface area contributed by atoms with Crippen LogP contribution < -0.4 is 47.9 Å². The van der Waals surface area contributed by atoms with E-state index in [1.165, 1.54) is 7.11 Å². The monoisotopic (exact) mass is 1680 g/mol. The van der Waals surface area contributed by atoms with Gasteiger partial charge in [-0.1, -0.05) is 0 Å². The molecule has 21 atom stereocenters. The molecule has 4 aliphatic heterocycles. The first-order valence-corrected chi connectivity index (χ1v) is 38.2. The van der Waals surface area contributed by atoms with E-state index in [2.05, 4.69) is 47.9 Å². The molecule has 1 saturated carbocycles. The molecule has 4 heterocycles. The van der Waals surface area contributed by atoms with Gasteiger partial charge in [-0.3, -0.25) is 52.7 Å². The third kappa shape index (κ3) is 33.4. The van der Waals surface area contributed by atoms with E-state index in [4.69, 9.17) is 61.6 Å². The number of amides is 11. The second-order valence-corrected chi connectivity index (χ2v) is 27.8. The first kappa shape index (κ1) is 99.7. The minimum atomic E-state index is -1.70. The van der Waals surface area contributed by atoms with Gasteiger partial charge in [-0.2, -0.15) is 0 Å². The predicted molar refractivity (Wildman–Crippen MR) is 388 cm³/mol. The largest absolute Gasteiger partial charge is 0.394 e. The molecule has 0 aromatic heterocycles. The molecule has 0 bridgehead atoms. The lowest BCUT2D eigenvalue weighted by molar-refractivity contribution is -0.272. The van der Waals surface area contributed by atoms with Crippen molar-refractivity contribution in [2.24, 2.45) is 5.92 Å². The maximum absolute atomic E-state index is 15.1. The van der Waals surface area contributed by atoms with Gasteiger partial charge in [0.15, 0.2) is 25.2 Å². The number of rotatable bonds is 51. The van der Waals surface area contributed by atoms with Crippen LogP contribution in [0.1, 0.15) is 66.2 Å². The van der Waals surface area contributed by atoms with Gasteiger partial charge in [0.05, 0.1) is 112 Å². The van der Waals surface area contributed by atoms with E-state index in [1.54, 1.807) is 0 Å². The van der Waals surface area contributed by atoms with E-state index < -0.39 is 265 Å². The van der Waals surface area contributed by atoms with E-state index in [-0.39, 0.29) is 112 Å². The number of aliphatic hydroxyl groups is 12. The molecule has 116 heavy (non-hydrogen) atoms. The van der Waals surface area contributed by atoms with Crippen LogP contribution in [0, 0.1) is 5.92 Å². The number of aliphatic hydroxyl groups excluding tert-OH is 12. The number of nitrogens with zero attached hydrogens (tertiary/aromatic N) is 2. The van der Waals surface area contributed by atoms with Gasteiger partial charge in [0, 0.05) is 73.3 Å². The fourth-order valence-electron chi connectivity index (χ4n) is 12.9. The summed E-state index contributed by atoms with van der Waals surface area (Å²) < 4.78 is 72.7. The zero-order valence-corrected chi connectivity index (χ0v) is 65.6. The number of carbonyl (C=O) groups is 11. The summed E-state index contributed by atoms with van der Waals surface area (Å²) in [7, 11) is 1.52. The highest BCUT2D eigenvalue weighted by Crippen LogP contribution is 2.29. The Morgan fingerprint density at radius 2 is 0.655 bits per heavy atom. The molecular weight excluding hydrogens is 1560 g/mol. The molecule has 5 rings (SSSR count). The van der Waals surface area contributed by atoms with Gasteiger partial charge >= 0.3 is 0 Å². The summed E-state index contributed by atoms with van der Waals surface area (Å²) in [6.07, 6.45) is -22.9. The standard InChI is InChI=1S/C69H119N11O36/c1-36(85)74-52-60(98)56(94)43(32-81)113-66(52)109-24-20-105-16-12-70-47(89)28-79(29-48(90)71-13-17-106-21-25-110-67-53(75-37(2)86)61(99)57(95)44(33-82)114-67)51(93)11-10-42(78-64(102)40-6-8-41(104-5)9-7-40)65(103)80(30-49(91)72-14-18-107-22-26-111-68-54(76-38(3)87)62(100)58(96)45(34-83)115-68)31-50(92)73-15-19-108-23-27-112-69-55(77-39(4)88)63(101)59(97)46(35-84)116-69/h40-46,52-63,66-69,81-84,94-101H,6-35H2,1-5H3,(H,70,89)(H,71,90)(H,72,91)(H,73,92)(H,74,85)(H,75,86)(H,76,87)(H,77,88)(H,78,102). The molecule has 21 unspecified atom stereocenters. The van der Waals surface area contributed by atoms with E-state index in [0.29, 0.717) is 25.7 Å². The highest BCUT2D eigenvalue weighted by atomic mass is 16.7. The molecule has 5 fully saturated rings. The third-order valence-electron chi connectivity index (χ3n) is 19.0. The van der Waals surface area contributed by atoms with Crippen molar-refractivity contribution >= 4 is 65.0 Å². The summed E-state index contributed by atoms with van der Waals surface area (Å²) in [4.78, 5) is 149. The van der Waals surface area contributed by atoms with Gasteiger partial charge in [-0.05, 0) is 32.1 Å². The normalized spacial score (nSPS) is 29.5. The molecule has 5 aliphatic rings. The van der Waals surface area contributed by atoms with Crippen molar-refractivity contribution < 1.29 is 176 Å². The average Bonchev–Trinajstić information content (AvgIpc) is 0.830. The molecule has 11 amide bonds. The average molecular weight is 1680 g/mol. The molecule has 666 valence electrons. The number of ether oxygens (including phenoxy) is 13. The highest BCUT2D eigenvalue weighted by molar-refractivity contribution is 5.95. The van der Waals surface area contributed by atoms with Gasteiger partial charge in [0.2, 0.25) is 65.0 Å². The summed E-state index contributed by atoms with van der Waals surface area (Å²) in [5.74, 6) is -9.04. The Labute approximate surface area is 668 Å². The maximum Gasteiger partial charge on any atom is 0.246 e. The number of methoxy groups -OCH3 is 1. The predicted octanol–water partition coefficient (Wildman–Crippen LogP) is -13.5. The van der Waals surface area contributed by atoms with Crippen LogP contribution in [-0.4, -0.2) is 436 Å². The first-order valence-electron chi connectivity index (χ1n) is 38.2. The summed E-state index contributed by atoms with van der Waals surface area (Å²) in [6, 6.07) is -6.65. The molecule has 0 aromatic rings. The van der Waals surface area contributed by atoms with Gasteiger partial charge in [0.1, 0.15) is 130 Å². The second-order valence-electron chi connectivity index (χ2n) is 27.8. The van der Waals surface area contributed by atoms with Crippen molar-refractivity contribution in [1.82, 2.24) is 57.7 Å². The maximum atomic E-state index is 15.1. The van der Waals surface area contributed by atoms with Crippen LogP contribution in [0.15, 0.2) is 0 Å². The van der Waals surface area contributed by atoms with Crippen LogP contribution in [0.2, 0.25) is 0 Å². The number of hydrogen-bond acceptors (Lipinski definition) is 36. The Kier molecular flexibility index (Phi) is 45.5. The molecule has 0 radical (unpaired) electrons. The van der Waals surface area contributed by atoms with Crippen molar-refractivity contribution in [2.45, 2.75) is 201 Å². The summed E-state index contributed by atoms with van der Waals surface area (Å²) in [6.45, 7) is -4.59. The molecule has 0 aromatic carbocycles. The smallest absolute Gasteiger partial charge is 0.246 e. The summed E-state index contributed by atoms with van der Waals surface area (Å²) >= 11 is 0. The lowest BCUT2D eigenvalue weighted by atomic mass is 9.86. The Morgan fingerprint density at radius 1 is 0.379 bits per heavy atom. The van der Waals surface area contributed by atoms with Crippen molar-refractivity contribution in [1.29, 1.82) is 0 Å². The lowest BCUT2D eigenvalue weighted by Gasteiger charge is -2.42. The van der Waals surface area contributed by atoms with Crippen LogP contribution in [0.25, 0.3) is 0 Å². The Balaban J connectivity index is 1.31. The number of hydrogen-bond donors (Lipinski definition) is 21. The molecule has 47 heteroatoms. The van der Waals surface area contributed by atoms with Gasteiger partial charge in [0.25, 0.3) is 0 Å². The van der Waals surface area contributed by atoms with Crippen molar-refractivity contribution in [2.75, 3.05) is 165 Å². The molecule has 1 aliphatic carbocycles. The molecule has 21 N–H and O–H groups in total. The fraction of sp³-hybridized carbons (Fsp3) is 0.841. The van der Waals surface area contributed by atoms with Crippen LogP contribution in [0.3, 0.4) is 0 Å². The van der Waals surface area contributed by atoms with Gasteiger partial charge < -0.3 is 181 Å². The third-order valence-corrected chi connectivity index (χ3v) is 19.0. The SMILES string of the molecule is COC1CCC(C(=O)NC(CCC(=O)N(CC(=O)NCCOCCOC2OC(CO)C(O)C(O)C2NC(C)=O)CC(=O)NCCOCCOC2OC(CO)C(O)C(O)C2NC(C)=O)C(=O)N(CC(=O)NCCOCCOC2OC(CO)C(O)C(O)C2NC(C)=O)CC(=O)NCCOCCOC2OC(CO)C(O)C(O)C2NC(C)=O)CC1. The zero-order chi connectivity index (χ0) is 85.6. The topological polar surface area (TPSA) is 665 Å². The minimum Gasteiger partial charge on any atom is -0.394 e. The Morgan fingerprint density at radius 3 is 0.914 bits per heavy atom. The van der Waals surface area contributed by atoms with E-state index in [0.717, 1.165) is 37.5 Å². The number of carbonyl (C=O) groups excluding carboxylic acids is 11.